The van der Waals surface area contributed by atoms with Crippen LogP contribution in [0.3, 0.4) is 0 Å². The SMILES string of the molecule is O=S(=O)(Nn1nc(C(F)(F)F)c(CCc2ccccc2)c1-c1ccc(F)cc1)c1ccccc1. The Morgan fingerprint density at radius 1 is 0.824 bits per heavy atom. The molecule has 0 saturated heterocycles. The second-order valence-corrected chi connectivity index (χ2v) is 9.15. The molecule has 0 unspecified atom stereocenters. The van der Waals surface area contributed by atoms with Crippen molar-refractivity contribution in [2.45, 2.75) is 23.9 Å². The zero-order chi connectivity index (χ0) is 24.3. The van der Waals surface area contributed by atoms with E-state index in [2.05, 4.69) is 9.93 Å². The molecule has 0 aliphatic carbocycles. The molecule has 176 valence electrons. The second-order valence-electron chi connectivity index (χ2n) is 7.49. The number of nitrogens with zero attached hydrogens (tertiary/aromatic N) is 2. The van der Waals surface area contributed by atoms with Gasteiger partial charge in [0.2, 0.25) is 0 Å². The summed E-state index contributed by atoms with van der Waals surface area (Å²) in [5.74, 6) is -0.582. The highest BCUT2D eigenvalue weighted by Gasteiger charge is 2.40. The Labute approximate surface area is 193 Å². The van der Waals surface area contributed by atoms with Gasteiger partial charge in [0.25, 0.3) is 10.0 Å². The van der Waals surface area contributed by atoms with Crippen LogP contribution in [-0.4, -0.2) is 18.3 Å². The first-order valence-corrected chi connectivity index (χ1v) is 11.7. The normalized spacial score (nSPS) is 12.0. The molecule has 1 N–H and O–H groups in total. The molecule has 0 amide bonds. The maximum atomic E-state index is 14.0. The summed E-state index contributed by atoms with van der Waals surface area (Å²) in [4.78, 5) is 2.60. The summed E-state index contributed by atoms with van der Waals surface area (Å²) >= 11 is 0. The third-order valence-corrected chi connectivity index (χ3v) is 6.44. The Hall–Kier alpha value is -3.66. The van der Waals surface area contributed by atoms with Crippen LogP contribution in [0.25, 0.3) is 11.3 Å². The van der Waals surface area contributed by atoms with Gasteiger partial charge in [-0.05, 0) is 54.8 Å². The van der Waals surface area contributed by atoms with E-state index in [0.29, 0.717) is 4.79 Å². The van der Waals surface area contributed by atoms with Gasteiger partial charge < -0.3 is 0 Å². The molecule has 0 saturated carbocycles. The minimum atomic E-state index is -4.84. The highest BCUT2D eigenvalue weighted by atomic mass is 32.2. The van der Waals surface area contributed by atoms with E-state index in [4.69, 9.17) is 0 Å². The maximum Gasteiger partial charge on any atom is 0.435 e. The van der Waals surface area contributed by atoms with Crippen LogP contribution in [0.5, 0.6) is 0 Å². The quantitative estimate of drug-likeness (QED) is 0.353. The first-order valence-electron chi connectivity index (χ1n) is 10.2. The van der Waals surface area contributed by atoms with E-state index in [1.165, 1.54) is 36.4 Å². The van der Waals surface area contributed by atoms with Crippen LogP contribution in [0.15, 0.2) is 89.8 Å². The van der Waals surface area contributed by atoms with Crippen LogP contribution in [0.2, 0.25) is 0 Å². The van der Waals surface area contributed by atoms with E-state index < -0.39 is 27.7 Å². The highest BCUT2D eigenvalue weighted by molar-refractivity contribution is 7.92. The van der Waals surface area contributed by atoms with Crippen LogP contribution < -0.4 is 4.83 Å². The molecule has 0 fully saturated rings. The van der Waals surface area contributed by atoms with Crippen molar-refractivity contribution >= 4 is 10.0 Å². The topological polar surface area (TPSA) is 64.0 Å². The molecule has 4 rings (SSSR count). The number of rotatable bonds is 7. The van der Waals surface area contributed by atoms with Gasteiger partial charge in [0.15, 0.2) is 5.69 Å². The molecular weight excluding hydrogens is 470 g/mol. The average Bonchev–Trinajstić information content (AvgIpc) is 3.17. The molecule has 0 radical (unpaired) electrons. The van der Waals surface area contributed by atoms with Crippen LogP contribution in [0.1, 0.15) is 16.8 Å². The Morgan fingerprint density at radius 3 is 2.00 bits per heavy atom. The van der Waals surface area contributed by atoms with Crippen LogP contribution >= 0.6 is 0 Å². The number of alkyl halides is 3. The molecule has 3 aromatic carbocycles. The molecule has 0 aliphatic heterocycles. The maximum absolute atomic E-state index is 14.0. The molecule has 0 aliphatic rings. The van der Waals surface area contributed by atoms with Crippen LogP contribution in [0, 0.1) is 5.82 Å². The molecule has 1 heterocycles. The molecule has 4 aromatic rings. The number of nitrogens with one attached hydrogen (secondary N) is 1. The van der Waals surface area contributed by atoms with Crippen LogP contribution in [0.4, 0.5) is 17.6 Å². The van der Waals surface area contributed by atoms with Crippen molar-refractivity contribution in [1.29, 1.82) is 0 Å². The van der Waals surface area contributed by atoms with E-state index in [1.807, 2.05) is 0 Å². The average molecular weight is 489 g/mol. The summed E-state index contributed by atoms with van der Waals surface area (Å²) in [6.07, 6.45) is -4.65. The minimum absolute atomic E-state index is 0.0708. The zero-order valence-electron chi connectivity index (χ0n) is 17.6. The van der Waals surface area contributed by atoms with Gasteiger partial charge in [0, 0.05) is 11.1 Å². The molecule has 0 spiro atoms. The van der Waals surface area contributed by atoms with Gasteiger partial charge in [0.1, 0.15) is 5.82 Å². The van der Waals surface area contributed by atoms with Crippen molar-refractivity contribution in [3.63, 3.8) is 0 Å². The first-order chi connectivity index (χ1) is 16.1. The van der Waals surface area contributed by atoms with E-state index in [-0.39, 0.29) is 34.6 Å². The lowest BCUT2D eigenvalue weighted by Gasteiger charge is -2.13. The van der Waals surface area contributed by atoms with E-state index >= 15 is 0 Å². The molecule has 0 atom stereocenters. The lowest BCUT2D eigenvalue weighted by Crippen LogP contribution is -2.25. The molecule has 10 heteroatoms. The van der Waals surface area contributed by atoms with Crippen molar-refractivity contribution in [2.75, 3.05) is 4.83 Å². The zero-order valence-corrected chi connectivity index (χ0v) is 18.4. The predicted molar refractivity (Wildman–Crippen MR) is 119 cm³/mol. The van der Waals surface area contributed by atoms with Gasteiger partial charge in [0.05, 0.1) is 10.6 Å². The number of aryl methyl sites for hydroxylation is 1. The smallest absolute Gasteiger partial charge is 0.207 e. The fourth-order valence-corrected chi connectivity index (χ4v) is 4.55. The Bertz CT molecular complexity index is 1370. The summed E-state index contributed by atoms with van der Waals surface area (Å²) in [6.45, 7) is 0. The van der Waals surface area contributed by atoms with Gasteiger partial charge in [-0.15, -0.1) is 5.10 Å². The summed E-state index contributed by atoms with van der Waals surface area (Å²) < 4.78 is 81.3. The number of hydrogen-bond donors (Lipinski definition) is 1. The molecule has 1 aromatic heterocycles. The fraction of sp³-hybridized carbons (Fsp3) is 0.125. The van der Waals surface area contributed by atoms with E-state index in [1.54, 1.807) is 36.4 Å². The van der Waals surface area contributed by atoms with Crippen molar-refractivity contribution in [2.24, 2.45) is 0 Å². The molecule has 5 nitrogen and oxygen atoms in total. The van der Waals surface area contributed by atoms with Gasteiger partial charge in [-0.2, -0.15) is 31.2 Å². The molecule has 34 heavy (non-hydrogen) atoms. The third kappa shape index (κ3) is 5.12. The highest BCUT2D eigenvalue weighted by Crippen LogP contribution is 2.37. The van der Waals surface area contributed by atoms with E-state index in [0.717, 1.165) is 17.7 Å². The number of benzene rings is 3. The van der Waals surface area contributed by atoms with E-state index in [9.17, 15) is 26.0 Å². The summed E-state index contributed by atoms with van der Waals surface area (Å²) in [6, 6.07) is 20.9. The number of sulfonamides is 1. The Morgan fingerprint density at radius 2 is 1.41 bits per heavy atom. The van der Waals surface area contributed by atoms with Crippen LogP contribution in [-0.2, 0) is 29.0 Å². The summed E-state index contributed by atoms with van der Waals surface area (Å²) in [5, 5.41) is 3.61. The first kappa shape index (κ1) is 23.5. The van der Waals surface area contributed by atoms with Crippen molar-refractivity contribution < 1.29 is 26.0 Å². The van der Waals surface area contributed by atoms with Gasteiger partial charge in [-0.25, -0.2) is 4.39 Å². The minimum Gasteiger partial charge on any atom is -0.207 e. The monoisotopic (exact) mass is 489 g/mol. The summed E-state index contributed by atoms with van der Waals surface area (Å²) in [5.41, 5.74) is -0.526. The number of halogens is 4. The lowest BCUT2D eigenvalue weighted by molar-refractivity contribution is -0.142. The Kier molecular flexibility index (Phi) is 6.43. The second kappa shape index (κ2) is 9.30. The molecular formula is C24H19F4N3O2S. The van der Waals surface area contributed by atoms with Crippen molar-refractivity contribution in [3.8, 4) is 11.3 Å². The number of hydrogen-bond acceptors (Lipinski definition) is 3. The largest absolute Gasteiger partial charge is 0.435 e. The van der Waals surface area contributed by atoms with Gasteiger partial charge in [-0.1, -0.05) is 48.5 Å². The lowest BCUT2D eigenvalue weighted by atomic mass is 9.99. The van der Waals surface area contributed by atoms with Gasteiger partial charge >= 0.3 is 6.18 Å². The third-order valence-electron chi connectivity index (χ3n) is 5.14. The van der Waals surface area contributed by atoms with Gasteiger partial charge in [-0.3, -0.25) is 0 Å². The van der Waals surface area contributed by atoms with Crippen molar-refractivity contribution in [3.05, 3.63) is 108 Å². The fourth-order valence-electron chi connectivity index (χ4n) is 3.57. The summed E-state index contributed by atoms with van der Waals surface area (Å²) in [7, 11) is -4.26. The number of aromatic nitrogens is 2. The molecule has 0 bridgehead atoms. The Balaban J connectivity index is 1.86. The predicted octanol–water partition coefficient (Wildman–Crippen LogP) is 5.43. The standard InChI is InChI=1S/C24H19F4N3O2S/c25-19-14-12-18(13-15-19)22-21(16-11-17-7-3-1-4-8-17)23(24(26,27)28)29-31(22)30-34(32,33)20-9-5-2-6-10-20/h1-10,12-15,30H,11,16H2. The van der Waals surface area contributed by atoms with Crippen molar-refractivity contribution in [1.82, 2.24) is 9.89 Å².